The molecule has 234 valence electrons. The summed E-state index contributed by atoms with van der Waals surface area (Å²) < 4.78 is 19.7. The normalized spacial score (nSPS) is 14.9. The van der Waals surface area contributed by atoms with Gasteiger partial charge in [0.2, 0.25) is 11.8 Å². The van der Waals surface area contributed by atoms with Crippen LogP contribution in [0.15, 0.2) is 89.5 Å². The Morgan fingerprint density at radius 1 is 1.02 bits per heavy atom. The standard InChI is InChI=1S/C36H39FN4O4/c1-4-38-34(43)30-10-6-5-9-29(30)25-13-11-24(12-14-25)23-41-32-18-16-27(37)20-26(32)15-17-31(35(41)44)40-33(42)21-36(2,3)39-22-28-8-7-19-45-28/h5-14,16,18-20,31,39H,4,15,17,21-23H2,1-3H3,(H,38,43)(H,40,42)/t31-/m1/s1. The summed E-state index contributed by atoms with van der Waals surface area (Å²) in [5, 5.41) is 9.15. The first-order chi connectivity index (χ1) is 21.6. The van der Waals surface area contributed by atoms with Gasteiger partial charge >= 0.3 is 0 Å². The number of benzene rings is 3. The average molecular weight is 611 g/mol. The average Bonchev–Trinajstić information content (AvgIpc) is 3.51. The van der Waals surface area contributed by atoms with Crippen molar-refractivity contribution in [2.24, 2.45) is 0 Å². The van der Waals surface area contributed by atoms with E-state index >= 15 is 0 Å². The van der Waals surface area contributed by atoms with Gasteiger partial charge in [0.25, 0.3) is 5.91 Å². The highest BCUT2D eigenvalue weighted by Crippen LogP contribution is 2.31. The lowest BCUT2D eigenvalue weighted by atomic mass is 9.98. The zero-order valence-corrected chi connectivity index (χ0v) is 25.9. The number of anilines is 1. The lowest BCUT2D eigenvalue weighted by Crippen LogP contribution is -2.50. The van der Waals surface area contributed by atoms with E-state index in [4.69, 9.17) is 4.42 Å². The second-order valence-corrected chi connectivity index (χ2v) is 12.0. The Balaban J connectivity index is 1.33. The summed E-state index contributed by atoms with van der Waals surface area (Å²) in [7, 11) is 0. The Morgan fingerprint density at radius 2 is 1.80 bits per heavy atom. The van der Waals surface area contributed by atoms with E-state index in [-0.39, 0.29) is 36.5 Å². The third kappa shape index (κ3) is 7.85. The second kappa shape index (κ2) is 13.9. The van der Waals surface area contributed by atoms with Crippen LogP contribution in [0.3, 0.4) is 0 Å². The van der Waals surface area contributed by atoms with Gasteiger partial charge in [0.1, 0.15) is 17.6 Å². The van der Waals surface area contributed by atoms with Gasteiger partial charge in [0.05, 0.1) is 19.4 Å². The van der Waals surface area contributed by atoms with E-state index < -0.39 is 11.6 Å². The molecule has 1 aromatic heterocycles. The summed E-state index contributed by atoms with van der Waals surface area (Å²) in [5.74, 6) is -0.246. The van der Waals surface area contributed by atoms with E-state index in [1.807, 2.05) is 75.4 Å². The molecule has 0 saturated carbocycles. The minimum absolute atomic E-state index is 0.138. The van der Waals surface area contributed by atoms with Crippen molar-refractivity contribution in [3.63, 3.8) is 0 Å². The molecule has 1 aliphatic rings. The van der Waals surface area contributed by atoms with Gasteiger partial charge in [-0.2, -0.15) is 0 Å². The fourth-order valence-corrected chi connectivity index (χ4v) is 5.65. The first kappa shape index (κ1) is 31.7. The highest BCUT2D eigenvalue weighted by atomic mass is 19.1. The Labute approximate surface area is 263 Å². The molecule has 0 aliphatic carbocycles. The van der Waals surface area contributed by atoms with Crippen LogP contribution in [0.25, 0.3) is 11.1 Å². The van der Waals surface area contributed by atoms with Crippen molar-refractivity contribution in [2.45, 2.75) is 64.7 Å². The lowest BCUT2D eigenvalue weighted by Gasteiger charge is -2.29. The zero-order chi connectivity index (χ0) is 32.0. The van der Waals surface area contributed by atoms with Crippen LogP contribution in [-0.4, -0.2) is 35.8 Å². The quantitative estimate of drug-likeness (QED) is 0.201. The fraction of sp³-hybridized carbons (Fsp3) is 0.306. The summed E-state index contributed by atoms with van der Waals surface area (Å²) in [4.78, 5) is 41.4. The first-order valence-electron chi connectivity index (χ1n) is 15.3. The van der Waals surface area contributed by atoms with Gasteiger partial charge in [-0.15, -0.1) is 0 Å². The number of carbonyl (C=O) groups excluding carboxylic acids is 3. The highest BCUT2D eigenvalue weighted by Gasteiger charge is 2.33. The summed E-state index contributed by atoms with van der Waals surface area (Å²) in [6.45, 7) is 6.97. The van der Waals surface area contributed by atoms with Crippen LogP contribution in [-0.2, 0) is 29.1 Å². The molecule has 0 spiro atoms. The molecule has 9 heteroatoms. The van der Waals surface area contributed by atoms with Crippen molar-refractivity contribution in [3.05, 3.63) is 113 Å². The van der Waals surface area contributed by atoms with E-state index in [1.165, 1.54) is 12.1 Å². The Hall–Kier alpha value is -4.76. The number of halogens is 1. The number of carbonyl (C=O) groups is 3. The molecule has 1 atom stereocenters. The molecule has 0 fully saturated rings. The number of nitrogens with zero attached hydrogens (tertiary/aromatic N) is 1. The maximum atomic E-state index is 14.3. The lowest BCUT2D eigenvalue weighted by molar-refractivity contribution is -0.128. The highest BCUT2D eigenvalue weighted by molar-refractivity contribution is 6.01. The summed E-state index contributed by atoms with van der Waals surface area (Å²) in [6.07, 6.45) is 2.55. The predicted octanol–water partition coefficient (Wildman–Crippen LogP) is 5.76. The van der Waals surface area contributed by atoms with Crippen molar-refractivity contribution in [3.8, 4) is 11.1 Å². The van der Waals surface area contributed by atoms with Crippen LogP contribution >= 0.6 is 0 Å². The number of nitrogens with one attached hydrogen (secondary N) is 3. The molecule has 3 amide bonds. The van der Waals surface area contributed by atoms with Crippen LogP contribution in [0.2, 0.25) is 0 Å². The molecule has 1 aliphatic heterocycles. The number of hydrogen-bond acceptors (Lipinski definition) is 5. The number of amides is 3. The molecule has 5 rings (SSSR count). The third-order valence-electron chi connectivity index (χ3n) is 7.97. The van der Waals surface area contributed by atoms with E-state index in [0.29, 0.717) is 42.7 Å². The van der Waals surface area contributed by atoms with Crippen LogP contribution in [0.5, 0.6) is 0 Å². The molecule has 3 N–H and O–H groups in total. The van der Waals surface area contributed by atoms with Gasteiger partial charge in [-0.3, -0.25) is 14.4 Å². The molecule has 2 heterocycles. The van der Waals surface area contributed by atoms with Crippen LogP contribution < -0.4 is 20.9 Å². The SMILES string of the molecule is CCNC(=O)c1ccccc1-c1ccc(CN2C(=O)[C@H](NC(=O)CC(C)(C)NCc3ccco3)CCc3cc(F)ccc32)cc1. The second-order valence-electron chi connectivity index (χ2n) is 12.0. The molecule has 0 bridgehead atoms. The molecular formula is C36H39FN4O4. The smallest absolute Gasteiger partial charge is 0.251 e. The van der Waals surface area contributed by atoms with Gasteiger partial charge in [0.15, 0.2) is 0 Å². The molecule has 0 saturated heterocycles. The van der Waals surface area contributed by atoms with E-state index in [1.54, 1.807) is 23.3 Å². The Kier molecular flexibility index (Phi) is 9.78. The van der Waals surface area contributed by atoms with Crippen molar-refractivity contribution in [1.82, 2.24) is 16.0 Å². The Bertz CT molecular complexity index is 1650. The van der Waals surface area contributed by atoms with Gasteiger partial charge in [-0.1, -0.05) is 42.5 Å². The van der Waals surface area contributed by atoms with Gasteiger partial charge < -0.3 is 25.3 Å². The molecule has 8 nitrogen and oxygen atoms in total. The zero-order valence-electron chi connectivity index (χ0n) is 25.9. The summed E-state index contributed by atoms with van der Waals surface area (Å²) in [5.41, 5.74) is 3.92. The fourth-order valence-electron chi connectivity index (χ4n) is 5.65. The van der Waals surface area contributed by atoms with E-state index in [9.17, 15) is 18.8 Å². The number of rotatable bonds is 11. The van der Waals surface area contributed by atoms with Gasteiger partial charge in [0, 0.05) is 29.8 Å². The number of aryl methyl sites for hydroxylation is 1. The van der Waals surface area contributed by atoms with Gasteiger partial charge in [-0.25, -0.2) is 4.39 Å². The monoisotopic (exact) mass is 610 g/mol. The maximum absolute atomic E-state index is 14.3. The van der Waals surface area contributed by atoms with Crippen molar-refractivity contribution in [2.75, 3.05) is 11.4 Å². The Morgan fingerprint density at radius 3 is 2.53 bits per heavy atom. The summed E-state index contributed by atoms with van der Waals surface area (Å²) in [6, 6.07) is 22.5. The first-order valence-corrected chi connectivity index (χ1v) is 15.3. The maximum Gasteiger partial charge on any atom is 0.251 e. The topological polar surface area (TPSA) is 104 Å². The van der Waals surface area contributed by atoms with Crippen LogP contribution in [0.1, 0.15) is 60.9 Å². The molecular weight excluding hydrogens is 571 g/mol. The largest absolute Gasteiger partial charge is 0.468 e. The number of hydrogen-bond donors (Lipinski definition) is 3. The molecule has 3 aromatic carbocycles. The van der Waals surface area contributed by atoms with Crippen molar-refractivity contribution >= 4 is 23.4 Å². The molecule has 45 heavy (non-hydrogen) atoms. The van der Waals surface area contributed by atoms with Crippen LogP contribution in [0.4, 0.5) is 10.1 Å². The number of furan rings is 1. The van der Waals surface area contributed by atoms with Crippen molar-refractivity contribution in [1.29, 1.82) is 0 Å². The van der Waals surface area contributed by atoms with Crippen LogP contribution in [0, 0.1) is 5.82 Å². The minimum Gasteiger partial charge on any atom is -0.468 e. The van der Waals surface area contributed by atoms with E-state index in [0.717, 1.165) is 22.5 Å². The molecule has 4 aromatic rings. The van der Waals surface area contributed by atoms with Crippen molar-refractivity contribution < 1.29 is 23.2 Å². The van der Waals surface area contributed by atoms with E-state index in [2.05, 4.69) is 16.0 Å². The predicted molar refractivity (Wildman–Crippen MR) is 172 cm³/mol. The molecule has 0 unspecified atom stereocenters. The summed E-state index contributed by atoms with van der Waals surface area (Å²) >= 11 is 0. The molecule has 0 radical (unpaired) electrons. The number of fused-ring (bicyclic) bond motifs is 1. The third-order valence-corrected chi connectivity index (χ3v) is 7.97. The minimum atomic E-state index is -0.767. The van der Waals surface area contributed by atoms with Gasteiger partial charge in [-0.05, 0) is 92.3 Å².